The third kappa shape index (κ3) is 4.81. The number of sulfonamides is 2. The minimum Gasteiger partial charge on any atom is -0.280 e. The first-order valence-electron chi connectivity index (χ1n) is 11.8. The second kappa shape index (κ2) is 9.55. The molecule has 36 heavy (non-hydrogen) atoms. The lowest BCUT2D eigenvalue weighted by molar-refractivity contribution is 0.592. The van der Waals surface area contributed by atoms with Crippen LogP contribution in [-0.2, 0) is 20.0 Å². The molecule has 0 radical (unpaired) electrons. The first-order chi connectivity index (χ1) is 17.2. The lowest BCUT2D eigenvalue weighted by atomic mass is 10.00. The molecule has 0 saturated carbocycles. The smallest absolute Gasteiger partial charge is 0.261 e. The second-order valence-corrected chi connectivity index (χ2v) is 12.7. The molecule has 4 aromatic rings. The predicted octanol–water partition coefficient (Wildman–Crippen LogP) is 5.33. The number of nitrogens with zero attached hydrogens (tertiary/aromatic N) is 2. The van der Waals surface area contributed by atoms with E-state index in [-0.39, 0.29) is 10.6 Å². The van der Waals surface area contributed by atoms with Gasteiger partial charge in [0, 0.05) is 29.4 Å². The van der Waals surface area contributed by atoms with Gasteiger partial charge in [0.05, 0.1) is 22.0 Å². The third-order valence-corrected chi connectivity index (χ3v) is 9.72. The van der Waals surface area contributed by atoms with Crippen LogP contribution < -0.4 is 9.03 Å². The Morgan fingerprint density at radius 3 is 2.50 bits per heavy atom. The lowest BCUT2D eigenvalue weighted by Gasteiger charge is -2.22. The summed E-state index contributed by atoms with van der Waals surface area (Å²) in [7, 11) is -7.29. The Balaban J connectivity index is 1.43. The summed E-state index contributed by atoms with van der Waals surface area (Å²) in [5.74, 6) is 0.107. The van der Waals surface area contributed by atoms with Gasteiger partial charge in [0.25, 0.3) is 10.0 Å². The molecule has 9 heteroatoms. The van der Waals surface area contributed by atoms with Gasteiger partial charge in [0.1, 0.15) is 0 Å². The van der Waals surface area contributed by atoms with Crippen LogP contribution in [0, 0.1) is 6.92 Å². The average molecular weight is 522 g/mol. The number of benzene rings is 3. The molecule has 5 rings (SSSR count). The monoisotopic (exact) mass is 521 g/mol. The Hall–Kier alpha value is -3.43. The third-order valence-electron chi connectivity index (χ3n) is 6.45. The highest BCUT2D eigenvalue weighted by molar-refractivity contribution is 7.93. The molecule has 1 N–H and O–H groups in total. The maximum absolute atomic E-state index is 13.2. The van der Waals surface area contributed by atoms with E-state index < -0.39 is 20.0 Å². The quantitative estimate of drug-likeness (QED) is 0.383. The summed E-state index contributed by atoms with van der Waals surface area (Å²) in [6.45, 7) is 2.37. The van der Waals surface area contributed by atoms with Gasteiger partial charge in [-0.15, -0.1) is 0 Å². The van der Waals surface area contributed by atoms with Crippen molar-refractivity contribution in [2.45, 2.75) is 31.1 Å². The first-order valence-corrected chi connectivity index (χ1v) is 14.9. The molecule has 7 nitrogen and oxygen atoms in total. The van der Waals surface area contributed by atoms with E-state index in [0.717, 1.165) is 40.4 Å². The highest BCUT2D eigenvalue weighted by Gasteiger charge is 2.25. The molecule has 0 atom stereocenters. The van der Waals surface area contributed by atoms with Gasteiger partial charge in [-0.05, 0) is 73.2 Å². The van der Waals surface area contributed by atoms with Crippen molar-refractivity contribution in [1.82, 2.24) is 4.98 Å². The fourth-order valence-electron chi connectivity index (χ4n) is 4.54. The van der Waals surface area contributed by atoms with E-state index in [1.807, 2.05) is 43.3 Å². The molecular weight excluding hydrogens is 494 g/mol. The molecule has 0 bridgehead atoms. The minimum absolute atomic E-state index is 0.0591. The number of hydrogen-bond donors (Lipinski definition) is 1. The zero-order valence-corrected chi connectivity index (χ0v) is 21.5. The summed E-state index contributed by atoms with van der Waals surface area (Å²) in [6.07, 6.45) is 4.03. The van der Waals surface area contributed by atoms with E-state index >= 15 is 0 Å². The largest absolute Gasteiger partial charge is 0.280 e. The van der Waals surface area contributed by atoms with Crippen LogP contribution in [0.4, 0.5) is 11.4 Å². The van der Waals surface area contributed by atoms with Crippen molar-refractivity contribution >= 4 is 42.2 Å². The summed E-state index contributed by atoms with van der Waals surface area (Å²) in [5, 5.41) is 2.04. The molecule has 2 heterocycles. The average Bonchev–Trinajstić information content (AvgIpc) is 3.05. The zero-order valence-electron chi connectivity index (χ0n) is 19.9. The zero-order chi connectivity index (χ0) is 25.3. The fraction of sp³-hybridized carbons (Fsp3) is 0.222. The van der Waals surface area contributed by atoms with Crippen molar-refractivity contribution in [3.63, 3.8) is 0 Å². The number of fused-ring (bicyclic) bond motifs is 1. The van der Waals surface area contributed by atoms with Crippen LogP contribution in [0.3, 0.4) is 0 Å². The first kappa shape index (κ1) is 24.3. The predicted molar refractivity (Wildman–Crippen MR) is 144 cm³/mol. The van der Waals surface area contributed by atoms with Gasteiger partial charge >= 0.3 is 0 Å². The number of anilines is 2. The van der Waals surface area contributed by atoms with E-state index in [9.17, 15) is 16.8 Å². The summed E-state index contributed by atoms with van der Waals surface area (Å²) in [5.41, 5.74) is 3.51. The molecule has 0 aliphatic carbocycles. The summed E-state index contributed by atoms with van der Waals surface area (Å²) >= 11 is 0. The van der Waals surface area contributed by atoms with Gasteiger partial charge in [-0.25, -0.2) is 16.8 Å². The van der Waals surface area contributed by atoms with Crippen molar-refractivity contribution in [3.8, 4) is 11.3 Å². The number of aryl methyl sites for hydroxylation is 1. The van der Waals surface area contributed by atoms with E-state index in [1.165, 1.54) is 16.4 Å². The highest BCUT2D eigenvalue weighted by atomic mass is 32.2. The van der Waals surface area contributed by atoms with Gasteiger partial charge in [-0.2, -0.15) is 0 Å². The van der Waals surface area contributed by atoms with E-state index in [1.54, 1.807) is 30.5 Å². The van der Waals surface area contributed by atoms with Crippen molar-refractivity contribution < 1.29 is 16.8 Å². The number of aromatic nitrogens is 1. The number of rotatable bonds is 5. The number of nitrogens with one attached hydrogen (secondary N) is 1. The maximum atomic E-state index is 13.2. The molecule has 1 aliphatic rings. The second-order valence-electron chi connectivity index (χ2n) is 8.96. The van der Waals surface area contributed by atoms with Crippen LogP contribution >= 0.6 is 0 Å². The van der Waals surface area contributed by atoms with Gasteiger partial charge in [0.15, 0.2) is 0 Å². The minimum atomic E-state index is -3.89. The Bertz CT molecular complexity index is 1630. The van der Waals surface area contributed by atoms with Crippen molar-refractivity contribution in [2.24, 2.45) is 0 Å². The molecule has 0 unspecified atom stereocenters. The molecule has 0 spiro atoms. The Kier molecular flexibility index (Phi) is 6.44. The van der Waals surface area contributed by atoms with Crippen LogP contribution in [0.5, 0.6) is 0 Å². The van der Waals surface area contributed by atoms with Gasteiger partial charge in [-0.3, -0.25) is 14.0 Å². The molecule has 1 fully saturated rings. The van der Waals surface area contributed by atoms with E-state index in [4.69, 9.17) is 0 Å². The number of pyridine rings is 1. The van der Waals surface area contributed by atoms with E-state index in [2.05, 4.69) is 9.71 Å². The van der Waals surface area contributed by atoms with Crippen molar-refractivity contribution in [3.05, 3.63) is 84.6 Å². The normalized spacial score (nSPS) is 16.0. The Morgan fingerprint density at radius 2 is 1.69 bits per heavy atom. The van der Waals surface area contributed by atoms with Crippen LogP contribution in [0.25, 0.3) is 22.0 Å². The topological polar surface area (TPSA) is 96.4 Å². The molecular formula is C27H27N3O4S2. The summed E-state index contributed by atoms with van der Waals surface area (Å²) in [4.78, 5) is 4.63. The van der Waals surface area contributed by atoms with Gasteiger partial charge in [-0.1, -0.05) is 36.8 Å². The van der Waals surface area contributed by atoms with Gasteiger partial charge in [0.2, 0.25) is 10.0 Å². The molecule has 186 valence electrons. The maximum Gasteiger partial charge on any atom is 0.261 e. The van der Waals surface area contributed by atoms with Crippen LogP contribution in [0.1, 0.15) is 24.8 Å². The SMILES string of the molecule is Cc1ccc(NS(=O)(=O)c2ccc(N3CCCCCS3(=O)=O)cc2)cc1-c1nccc2ccccc12. The van der Waals surface area contributed by atoms with Crippen LogP contribution in [-0.4, -0.2) is 34.1 Å². The van der Waals surface area contributed by atoms with Crippen molar-refractivity contribution in [2.75, 3.05) is 21.3 Å². The fourth-order valence-corrected chi connectivity index (χ4v) is 7.23. The molecule has 1 aliphatic heterocycles. The Labute approximate surface area is 211 Å². The molecule has 3 aromatic carbocycles. The van der Waals surface area contributed by atoms with E-state index in [0.29, 0.717) is 24.3 Å². The Morgan fingerprint density at radius 1 is 0.917 bits per heavy atom. The van der Waals surface area contributed by atoms with Crippen LogP contribution in [0.15, 0.2) is 83.9 Å². The molecule has 1 aromatic heterocycles. The van der Waals surface area contributed by atoms with Gasteiger partial charge < -0.3 is 0 Å². The molecule has 1 saturated heterocycles. The summed E-state index contributed by atoms with van der Waals surface area (Å²) < 4.78 is 55.5. The number of hydrogen-bond acceptors (Lipinski definition) is 5. The summed E-state index contributed by atoms with van der Waals surface area (Å²) in [6, 6.07) is 21.3. The standard InChI is InChI=1S/C27H27N3O4S2/c1-20-9-10-22(19-26(20)27-25-8-4-3-7-21(25)15-16-28-27)29-36(33,34)24-13-11-23(12-14-24)30-17-5-2-6-18-35(30,31)32/h3-4,7-16,19,29H,2,5-6,17-18H2,1H3. The highest BCUT2D eigenvalue weighted by Crippen LogP contribution is 2.32. The molecule has 0 amide bonds. The lowest BCUT2D eigenvalue weighted by Crippen LogP contribution is -2.32. The van der Waals surface area contributed by atoms with Crippen molar-refractivity contribution in [1.29, 1.82) is 0 Å². The van der Waals surface area contributed by atoms with Crippen LogP contribution in [0.2, 0.25) is 0 Å².